The average Bonchev–Trinajstić information content (AvgIpc) is 2.41. The molecule has 0 saturated carbocycles. The molecule has 0 bridgehead atoms. The Balaban J connectivity index is 0.00000161. The molecule has 1 aliphatic rings. The summed E-state index contributed by atoms with van der Waals surface area (Å²) in [6, 6.07) is 15.5. The van der Waals surface area contributed by atoms with Crippen molar-refractivity contribution < 1.29 is 4.74 Å². The fourth-order valence-electron chi connectivity index (χ4n) is 2.21. The highest BCUT2D eigenvalue weighted by Crippen LogP contribution is 2.33. The third-order valence-corrected chi connectivity index (χ3v) is 4.03. The highest BCUT2D eigenvalue weighted by Gasteiger charge is 2.25. The van der Waals surface area contributed by atoms with Crippen LogP contribution in [0.25, 0.3) is 0 Å². The minimum atomic E-state index is -0.159. The second kappa shape index (κ2) is 7.48. The third-order valence-electron chi connectivity index (χ3n) is 3.43. The lowest BCUT2D eigenvalue weighted by molar-refractivity contribution is -0.0201. The van der Waals surface area contributed by atoms with Crippen molar-refractivity contribution in [2.75, 3.05) is 13.1 Å². The van der Waals surface area contributed by atoms with Gasteiger partial charge in [0.1, 0.15) is 6.10 Å². The van der Waals surface area contributed by atoms with Gasteiger partial charge in [-0.1, -0.05) is 53.5 Å². The maximum absolute atomic E-state index is 6.32. The Morgan fingerprint density at radius 2 is 1.67 bits per heavy atom. The van der Waals surface area contributed by atoms with Crippen LogP contribution >= 0.6 is 35.6 Å². The summed E-state index contributed by atoms with van der Waals surface area (Å²) in [7, 11) is 0. The van der Waals surface area contributed by atoms with Crippen LogP contribution in [0.5, 0.6) is 0 Å². The van der Waals surface area contributed by atoms with Crippen LogP contribution in [-0.4, -0.2) is 19.2 Å². The number of ether oxygens (including phenoxy) is 1. The van der Waals surface area contributed by atoms with Gasteiger partial charge in [-0.15, -0.1) is 12.4 Å². The predicted molar refractivity (Wildman–Crippen MR) is 89.7 cm³/mol. The van der Waals surface area contributed by atoms with Crippen molar-refractivity contribution in [2.45, 2.75) is 12.2 Å². The highest BCUT2D eigenvalue weighted by molar-refractivity contribution is 6.31. The van der Waals surface area contributed by atoms with Crippen molar-refractivity contribution in [1.82, 2.24) is 5.32 Å². The quantitative estimate of drug-likeness (QED) is 0.882. The van der Waals surface area contributed by atoms with E-state index in [9.17, 15) is 0 Å². The summed E-state index contributed by atoms with van der Waals surface area (Å²) in [4.78, 5) is 0. The first-order valence-corrected chi connectivity index (χ1v) is 7.35. The van der Waals surface area contributed by atoms with Crippen molar-refractivity contribution in [2.24, 2.45) is 0 Å². The molecule has 1 fully saturated rings. The molecular formula is C16H16Cl3NO. The second-order valence-corrected chi connectivity index (χ2v) is 5.71. The Hall–Kier alpha value is -0.770. The molecule has 21 heavy (non-hydrogen) atoms. The van der Waals surface area contributed by atoms with Crippen LogP contribution < -0.4 is 5.32 Å². The van der Waals surface area contributed by atoms with Crippen molar-refractivity contribution in [1.29, 1.82) is 0 Å². The van der Waals surface area contributed by atoms with Crippen LogP contribution in [0.1, 0.15) is 17.2 Å². The molecule has 1 aliphatic heterocycles. The van der Waals surface area contributed by atoms with Gasteiger partial charge in [-0.05, 0) is 23.8 Å². The van der Waals surface area contributed by atoms with Crippen molar-refractivity contribution in [3.63, 3.8) is 0 Å². The van der Waals surface area contributed by atoms with Gasteiger partial charge in [0.25, 0.3) is 0 Å². The predicted octanol–water partition coefficient (Wildman–Crippen LogP) is 4.49. The van der Waals surface area contributed by atoms with E-state index in [1.54, 1.807) is 0 Å². The molecule has 2 nitrogen and oxygen atoms in total. The lowest BCUT2D eigenvalue weighted by Crippen LogP contribution is -2.49. The summed E-state index contributed by atoms with van der Waals surface area (Å²) in [5, 5.41) is 4.66. The van der Waals surface area contributed by atoms with Crippen molar-refractivity contribution in [3.8, 4) is 0 Å². The molecule has 2 aromatic rings. The van der Waals surface area contributed by atoms with Crippen LogP contribution in [0.3, 0.4) is 0 Å². The third kappa shape index (κ3) is 3.91. The first-order valence-electron chi connectivity index (χ1n) is 6.60. The van der Waals surface area contributed by atoms with E-state index in [0.717, 1.165) is 34.3 Å². The minimum absolute atomic E-state index is 0. The van der Waals surface area contributed by atoms with Crippen LogP contribution in [0.2, 0.25) is 10.0 Å². The molecule has 112 valence electrons. The van der Waals surface area contributed by atoms with Crippen molar-refractivity contribution in [3.05, 3.63) is 69.7 Å². The number of benzene rings is 2. The molecule has 0 aromatic heterocycles. The molecule has 0 aliphatic carbocycles. The lowest BCUT2D eigenvalue weighted by Gasteiger charge is -2.32. The van der Waals surface area contributed by atoms with Gasteiger partial charge < -0.3 is 10.1 Å². The van der Waals surface area contributed by atoms with Crippen LogP contribution in [0.4, 0.5) is 0 Å². The first-order chi connectivity index (χ1) is 9.74. The molecule has 0 radical (unpaired) electrons. The molecular weight excluding hydrogens is 329 g/mol. The summed E-state index contributed by atoms with van der Waals surface area (Å²) >= 11 is 12.3. The Morgan fingerprint density at radius 3 is 2.24 bits per heavy atom. The first kappa shape index (κ1) is 16.6. The number of nitrogens with one attached hydrogen (secondary N) is 1. The normalized spacial score (nSPS) is 15.9. The molecule has 5 heteroatoms. The van der Waals surface area contributed by atoms with Gasteiger partial charge in [-0.25, -0.2) is 0 Å². The van der Waals surface area contributed by atoms with E-state index in [0.29, 0.717) is 0 Å². The summed E-state index contributed by atoms with van der Waals surface area (Å²) < 4.78 is 6.19. The number of hydrogen-bond acceptors (Lipinski definition) is 2. The molecule has 1 N–H and O–H groups in total. The van der Waals surface area contributed by atoms with Crippen molar-refractivity contribution >= 4 is 35.6 Å². The van der Waals surface area contributed by atoms with E-state index in [1.807, 2.05) is 48.5 Å². The van der Waals surface area contributed by atoms with Gasteiger partial charge in [0.15, 0.2) is 0 Å². The van der Waals surface area contributed by atoms with Crippen LogP contribution in [-0.2, 0) is 4.74 Å². The van der Waals surface area contributed by atoms with Gasteiger partial charge >= 0.3 is 0 Å². The fourth-order valence-corrected chi connectivity index (χ4v) is 2.57. The maximum Gasteiger partial charge on any atom is 0.109 e. The monoisotopic (exact) mass is 343 g/mol. The van der Waals surface area contributed by atoms with E-state index >= 15 is 0 Å². The minimum Gasteiger partial charge on any atom is -0.363 e. The molecule has 1 heterocycles. The highest BCUT2D eigenvalue weighted by atomic mass is 35.5. The molecule has 1 unspecified atom stereocenters. The Morgan fingerprint density at radius 1 is 1.00 bits per heavy atom. The second-order valence-electron chi connectivity index (χ2n) is 4.87. The molecule has 0 amide bonds. The smallest absolute Gasteiger partial charge is 0.109 e. The number of rotatable bonds is 4. The molecule has 0 spiro atoms. The summed E-state index contributed by atoms with van der Waals surface area (Å²) in [6.07, 6.45) is 0.0695. The van der Waals surface area contributed by atoms with Gasteiger partial charge in [-0.2, -0.15) is 0 Å². The Bertz CT molecular complexity index is 584. The molecule has 1 atom stereocenters. The van der Waals surface area contributed by atoms with Gasteiger partial charge in [0, 0.05) is 28.7 Å². The largest absolute Gasteiger partial charge is 0.363 e. The molecule has 2 aromatic carbocycles. The van der Waals surface area contributed by atoms with Crippen LogP contribution in [0, 0.1) is 0 Å². The zero-order chi connectivity index (χ0) is 13.9. The maximum atomic E-state index is 6.32. The van der Waals surface area contributed by atoms with E-state index in [-0.39, 0.29) is 24.6 Å². The van der Waals surface area contributed by atoms with E-state index in [2.05, 4.69) is 5.32 Å². The van der Waals surface area contributed by atoms with Gasteiger partial charge in [-0.3, -0.25) is 0 Å². The fraction of sp³-hybridized carbons (Fsp3) is 0.250. The Kier molecular flexibility index (Phi) is 5.91. The van der Waals surface area contributed by atoms with E-state index < -0.39 is 0 Å². The average molecular weight is 345 g/mol. The van der Waals surface area contributed by atoms with Gasteiger partial charge in [0.2, 0.25) is 0 Å². The SMILES string of the molecule is Cl.Clc1ccc(C(OC2CNC2)c2ccccc2Cl)cc1. The van der Waals surface area contributed by atoms with Gasteiger partial charge in [0.05, 0.1) is 6.10 Å². The van der Waals surface area contributed by atoms with E-state index in [1.165, 1.54) is 0 Å². The van der Waals surface area contributed by atoms with E-state index in [4.69, 9.17) is 27.9 Å². The summed E-state index contributed by atoms with van der Waals surface area (Å²) in [6.45, 7) is 1.77. The summed E-state index contributed by atoms with van der Waals surface area (Å²) in [5.41, 5.74) is 2.05. The Labute approximate surface area is 140 Å². The zero-order valence-electron chi connectivity index (χ0n) is 11.3. The molecule has 3 rings (SSSR count). The van der Waals surface area contributed by atoms with Crippen LogP contribution in [0.15, 0.2) is 48.5 Å². The summed E-state index contributed by atoms with van der Waals surface area (Å²) in [5.74, 6) is 0. The standard InChI is InChI=1S/C16H15Cl2NO.ClH/c17-12-7-5-11(6-8-12)16(20-13-9-19-10-13)14-3-1-2-4-15(14)18;/h1-8,13,16,19H,9-10H2;1H. The molecule has 1 saturated heterocycles. The lowest BCUT2D eigenvalue weighted by atomic mass is 10.0. The number of halogens is 3. The topological polar surface area (TPSA) is 21.3 Å². The number of hydrogen-bond donors (Lipinski definition) is 1. The zero-order valence-corrected chi connectivity index (χ0v) is 13.6.